The summed E-state index contributed by atoms with van der Waals surface area (Å²) in [7, 11) is -24.5. The quantitative estimate of drug-likeness (QED) is 0.0429. The monoisotopic (exact) mass is 912 g/mol. The van der Waals surface area contributed by atoms with Gasteiger partial charge in [-0.05, 0) is 67.6 Å². The number of nitrogens with two attached hydrogens (primary N) is 2. The Morgan fingerprint density at radius 1 is 0.525 bits per heavy atom. The molecule has 0 aliphatic rings. The molecule has 23 nitrogen and oxygen atoms in total. The maximum absolute atomic E-state index is 12.7. The first-order valence-electron chi connectivity index (χ1n) is 15.8. The summed E-state index contributed by atoms with van der Waals surface area (Å²) in [6.07, 6.45) is 0. The van der Waals surface area contributed by atoms with Crippen LogP contribution in [0, 0.1) is 6.92 Å². The van der Waals surface area contributed by atoms with Gasteiger partial charge in [0.2, 0.25) is 0 Å². The molecule has 0 aromatic heterocycles. The van der Waals surface area contributed by atoms with E-state index in [0.29, 0.717) is 11.8 Å². The molecular formula is C31H28N8O15S5. The van der Waals surface area contributed by atoms with Gasteiger partial charge in [-0.2, -0.15) is 38.8 Å². The number of azo groups is 3. The Balaban J connectivity index is 1.61. The van der Waals surface area contributed by atoms with Crippen LogP contribution in [0.3, 0.4) is 0 Å². The van der Waals surface area contributed by atoms with E-state index in [1.807, 2.05) is 6.92 Å². The number of nitrogens with zero attached hydrogens (tertiary/aromatic N) is 6. The SMILES string of the molecule is Cc1ccc(N=Nc2cc(S(=O)(=O)O)c(N)c(N=Nc3ccc(N=Nc4ccc(S(=O)(=O)CCOS(=O)(=O)O)cc4S(=O)(=O)O)c4cc(S(=O)(=O)O)ccc34)c2N)cc1. The fourth-order valence-electron chi connectivity index (χ4n) is 4.98. The number of fused-ring (bicyclic) bond motifs is 1. The zero-order chi connectivity index (χ0) is 43.7. The lowest BCUT2D eigenvalue weighted by molar-refractivity contribution is 0.284. The molecular weight excluding hydrogens is 885 g/mol. The normalized spacial score (nSPS) is 13.3. The van der Waals surface area contributed by atoms with E-state index >= 15 is 0 Å². The van der Waals surface area contributed by atoms with Crippen molar-refractivity contribution in [3.63, 3.8) is 0 Å². The van der Waals surface area contributed by atoms with Crippen molar-refractivity contribution in [3.05, 3.63) is 84.4 Å². The zero-order valence-corrected chi connectivity index (χ0v) is 33.7. The van der Waals surface area contributed by atoms with Crippen LogP contribution in [0.15, 0.2) is 129 Å². The van der Waals surface area contributed by atoms with Crippen LogP contribution in [-0.4, -0.2) is 72.7 Å². The maximum Gasteiger partial charge on any atom is 0.397 e. The summed E-state index contributed by atoms with van der Waals surface area (Å²) >= 11 is 0. The first-order chi connectivity index (χ1) is 27.2. The standard InChI is InChI=1S/C31H28N8O15S5/c1-17-2-4-18(5-3-17)34-38-26-16-28(58(48,49)50)30(33)31(29(26)32)39-36-23-10-11-24(22-14-20(56(42,43)44)6-8-21(22)23)35-37-25-9-7-19(15-27(25)57(45,46)47)55(40,41)13-12-54-59(51,52)53/h2-11,14-16H,12-13,32-33H2,1H3,(H,42,43,44)(H,45,46,47)(H,48,49,50)(H,51,52,53). The molecule has 0 unspecified atom stereocenters. The molecule has 312 valence electrons. The van der Waals surface area contributed by atoms with E-state index in [4.69, 9.17) is 16.0 Å². The molecule has 0 saturated heterocycles. The third kappa shape index (κ3) is 10.9. The summed E-state index contributed by atoms with van der Waals surface area (Å²) in [4.78, 5) is -3.30. The molecule has 0 atom stereocenters. The van der Waals surface area contributed by atoms with E-state index in [1.165, 1.54) is 6.07 Å². The van der Waals surface area contributed by atoms with Crippen LogP contribution in [0.2, 0.25) is 0 Å². The van der Waals surface area contributed by atoms with Crippen molar-refractivity contribution in [3.8, 4) is 0 Å². The zero-order valence-electron chi connectivity index (χ0n) is 29.6. The molecule has 59 heavy (non-hydrogen) atoms. The van der Waals surface area contributed by atoms with Crippen molar-refractivity contribution in [2.45, 2.75) is 26.5 Å². The number of anilines is 2. The second kappa shape index (κ2) is 16.5. The molecule has 8 N–H and O–H groups in total. The van der Waals surface area contributed by atoms with E-state index in [2.05, 4.69) is 34.9 Å². The Morgan fingerprint density at radius 2 is 1.07 bits per heavy atom. The number of sulfone groups is 1. The summed E-state index contributed by atoms with van der Waals surface area (Å²) < 4.78 is 162. The molecule has 5 rings (SSSR count). The molecule has 0 fully saturated rings. The summed E-state index contributed by atoms with van der Waals surface area (Å²) in [5.74, 6) is -1.05. The van der Waals surface area contributed by atoms with Gasteiger partial charge in [-0.1, -0.05) is 23.8 Å². The van der Waals surface area contributed by atoms with Crippen molar-refractivity contribution in [1.29, 1.82) is 0 Å². The van der Waals surface area contributed by atoms with Crippen LogP contribution in [0.1, 0.15) is 5.56 Å². The number of nitrogen functional groups attached to an aromatic ring is 2. The Morgan fingerprint density at radius 3 is 1.66 bits per heavy atom. The van der Waals surface area contributed by atoms with Gasteiger partial charge in [-0.25, -0.2) is 12.6 Å². The smallest absolute Gasteiger partial charge is 0.396 e. The van der Waals surface area contributed by atoms with E-state index in [-0.39, 0.29) is 33.5 Å². The molecule has 0 aliphatic carbocycles. The average molecular weight is 913 g/mol. The lowest BCUT2D eigenvalue weighted by Gasteiger charge is -2.11. The lowest BCUT2D eigenvalue weighted by Crippen LogP contribution is -2.16. The summed E-state index contributed by atoms with van der Waals surface area (Å²) in [6, 6.07) is 15.2. The van der Waals surface area contributed by atoms with Gasteiger partial charge >= 0.3 is 10.4 Å². The van der Waals surface area contributed by atoms with E-state index in [1.54, 1.807) is 24.3 Å². The highest BCUT2D eigenvalue weighted by Gasteiger charge is 2.25. The van der Waals surface area contributed by atoms with Crippen molar-refractivity contribution in [2.75, 3.05) is 23.8 Å². The van der Waals surface area contributed by atoms with Gasteiger partial charge in [0.25, 0.3) is 30.4 Å². The van der Waals surface area contributed by atoms with E-state index < -0.39 is 99.6 Å². The molecule has 0 amide bonds. The fraction of sp³-hybridized carbons (Fsp3) is 0.0968. The molecule has 0 spiro atoms. The highest BCUT2D eigenvalue weighted by Crippen LogP contribution is 2.44. The third-order valence-electron chi connectivity index (χ3n) is 7.82. The molecule has 0 radical (unpaired) electrons. The second-order valence-electron chi connectivity index (χ2n) is 11.9. The van der Waals surface area contributed by atoms with Gasteiger partial charge in [0, 0.05) is 10.8 Å². The summed E-state index contributed by atoms with van der Waals surface area (Å²) in [5, 5.41) is 23.7. The van der Waals surface area contributed by atoms with Crippen molar-refractivity contribution >= 4 is 107 Å². The van der Waals surface area contributed by atoms with Gasteiger partial charge in [0.05, 0.1) is 50.6 Å². The number of hydrogen-bond donors (Lipinski definition) is 6. The molecule has 0 heterocycles. The third-order valence-corrected chi connectivity index (χ3v) is 12.6. The molecule has 5 aromatic rings. The minimum absolute atomic E-state index is 0.0310. The Kier molecular flexibility index (Phi) is 12.4. The number of hydrogen-bond acceptors (Lipinski definition) is 19. The van der Waals surface area contributed by atoms with Crippen molar-refractivity contribution in [2.24, 2.45) is 30.7 Å². The molecule has 5 aromatic carbocycles. The van der Waals surface area contributed by atoms with Crippen LogP contribution < -0.4 is 11.5 Å². The number of benzene rings is 5. The van der Waals surface area contributed by atoms with Crippen LogP contribution in [0.4, 0.5) is 45.5 Å². The Hall–Kier alpha value is -5.69. The molecule has 0 saturated carbocycles. The predicted octanol–water partition coefficient (Wildman–Crippen LogP) is 5.89. The topological polar surface area (TPSA) is 387 Å². The van der Waals surface area contributed by atoms with Crippen molar-refractivity contribution < 1.29 is 64.5 Å². The first-order valence-corrected chi connectivity index (χ1v) is 23.1. The van der Waals surface area contributed by atoms with Gasteiger partial charge in [0.1, 0.15) is 26.9 Å². The second-order valence-corrected chi connectivity index (χ2v) is 19.3. The van der Waals surface area contributed by atoms with Crippen LogP contribution in [0.25, 0.3) is 10.8 Å². The van der Waals surface area contributed by atoms with Gasteiger partial charge in [0.15, 0.2) is 9.84 Å². The number of rotatable bonds is 14. The molecule has 28 heteroatoms. The average Bonchev–Trinajstić information content (AvgIpc) is 3.12. The van der Waals surface area contributed by atoms with Crippen LogP contribution in [-0.2, 0) is 54.8 Å². The van der Waals surface area contributed by atoms with Gasteiger partial charge in [-0.3, -0.25) is 18.2 Å². The fourth-order valence-corrected chi connectivity index (χ4v) is 8.35. The summed E-state index contributed by atoms with van der Waals surface area (Å²) in [5.41, 5.74) is 10.9. The van der Waals surface area contributed by atoms with Gasteiger partial charge in [-0.15, -0.1) is 25.6 Å². The molecule has 0 bridgehead atoms. The van der Waals surface area contributed by atoms with Crippen LogP contribution >= 0.6 is 0 Å². The Bertz CT molecular complexity index is 3180. The minimum atomic E-state index is -5.23. The van der Waals surface area contributed by atoms with Crippen molar-refractivity contribution in [1.82, 2.24) is 0 Å². The Labute approximate surface area is 335 Å². The number of aryl methyl sites for hydroxylation is 1. The van der Waals surface area contributed by atoms with E-state index in [0.717, 1.165) is 48.0 Å². The maximum atomic E-state index is 12.7. The highest BCUT2D eigenvalue weighted by molar-refractivity contribution is 7.91. The largest absolute Gasteiger partial charge is 0.397 e. The van der Waals surface area contributed by atoms with Crippen LogP contribution in [0.5, 0.6) is 0 Å². The molecule has 0 aliphatic heterocycles. The predicted molar refractivity (Wildman–Crippen MR) is 208 cm³/mol. The summed E-state index contributed by atoms with van der Waals surface area (Å²) in [6.45, 7) is 0.795. The highest BCUT2D eigenvalue weighted by atomic mass is 32.3. The van der Waals surface area contributed by atoms with Gasteiger partial charge < -0.3 is 11.5 Å². The first kappa shape index (κ1) is 44.4. The minimum Gasteiger partial charge on any atom is -0.396 e. The van der Waals surface area contributed by atoms with E-state index in [9.17, 15) is 55.7 Å². The lowest BCUT2D eigenvalue weighted by atomic mass is 10.1.